The van der Waals surface area contributed by atoms with Gasteiger partial charge in [0.15, 0.2) is 0 Å². The molecule has 0 aromatic heterocycles. The van der Waals surface area contributed by atoms with Crippen molar-refractivity contribution in [2.45, 2.75) is 31.1 Å². The predicted molar refractivity (Wildman–Crippen MR) is 64.7 cm³/mol. The highest BCUT2D eigenvalue weighted by Gasteiger charge is 2.21. The van der Waals surface area contributed by atoms with Crippen LogP contribution in [0, 0.1) is 0 Å². The summed E-state index contributed by atoms with van der Waals surface area (Å²) in [6.07, 6.45) is 0. The fourth-order valence-electron chi connectivity index (χ4n) is 1.42. The second kappa shape index (κ2) is 4.26. The molecule has 0 aliphatic rings. The predicted octanol–water partition coefficient (Wildman–Crippen LogP) is 2.92. The first kappa shape index (κ1) is 13.3. The molecule has 0 spiro atoms. The van der Waals surface area contributed by atoms with E-state index in [-0.39, 0.29) is 10.3 Å². The lowest BCUT2D eigenvalue weighted by Gasteiger charge is -2.22. The van der Waals surface area contributed by atoms with Crippen molar-refractivity contribution in [1.29, 1.82) is 0 Å². The molecule has 0 N–H and O–H groups in total. The van der Waals surface area contributed by atoms with E-state index in [1.54, 1.807) is 19.2 Å². The summed E-state index contributed by atoms with van der Waals surface area (Å²) in [6, 6.07) is 4.62. The number of benzene rings is 1. The lowest BCUT2D eigenvalue weighted by molar-refractivity contribution is 0.397. The Morgan fingerprint density at radius 2 is 1.81 bits per heavy atom. The van der Waals surface area contributed by atoms with Crippen molar-refractivity contribution in [3.8, 4) is 5.75 Å². The topological polar surface area (TPSA) is 43.4 Å². The molecule has 3 nitrogen and oxygen atoms in total. The summed E-state index contributed by atoms with van der Waals surface area (Å²) in [5.74, 6) is 0.663. The van der Waals surface area contributed by atoms with Crippen LogP contribution in [0.5, 0.6) is 5.75 Å². The van der Waals surface area contributed by atoms with Crippen LogP contribution in [-0.4, -0.2) is 15.5 Å². The summed E-state index contributed by atoms with van der Waals surface area (Å²) < 4.78 is 27.7. The van der Waals surface area contributed by atoms with E-state index in [1.807, 2.05) is 20.8 Å². The SMILES string of the molecule is COc1ccc(S(=O)(=O)Cl)cc1C(C)(C)C. The third-order valence-corrected chi connectivity index (χ3v) is 3.61. The fourth-order valence-corrected chi connectivity index (χ4v) is 2.20. The molecule has 0 aliphatic heterocycles. The van der Waals surface area contributed by atoms with E-state index in [9.17, 15) is 8.42 Å². The van der Waals surface area contributed by atoms with Crippen molar-refractivity contribution in [3.05, 3.63) is 23.8 Å². The third kappa shape index (κ3) is 2.89. The van der Waals surface area contributed by atoms with Crippen LogP contribution in [-0.2, 0) is 14.5 Å². The second-order valence-electron chi connectivity index (χ2n) is 4.55. The van der Waals surface area contributed by atoms with Gasteiger partial charge in [-0.25, -0.2) is 8.42 Å². The van der Waals surface area contributed by atoms with Crippen molar-refractivity contribution in [1.82, 2.24) is 0 Å². The highest BCUT2D eigenvalue weighted by atomic mass is 35.7. The molecule has 0 amide bonds. The Hall–Kier alpha value is -0.740. The molecule has 0 aliphatic carbocycles. The Morgan fingerprint density at radius 1 is 1.25 bits per heavy atom. The number of rotatable bonds is 2. The molecule has 0 bridgehead atoms. The van der Waals surface area contributed by atoms with Crippen LogP contribution < -0.4 is 4.74 Å². The van der Waals surface area contributed by atoms with Crippen LogP contribution in [0.25, 0.3) is 0 Å². The van der Waals surface area contributed by atoms with Gasteiger partial charge in [-0.15, -0.1) is 0 Å². The van der Waals surface area contributed by atoms with Gasteiger partial charge in [-0.05, 0) is 23.6 Å². The maximum absolute atomic E-state index is 11.2. The van der Waals surface area contributed by atoms with Gasteiger partial charge in [-0.3, -0.25) is 0 Å². The van der Waals surface area contributed by atoms with E-state index in [2.05, 4.69) is 0 Å². The summed E-state index contributed by atoms with van der Waals surface area (Å²) in [7, 11) is 3.17. The Kier molecular flexibility index (Phi) is 3.55. The molecule has 0 saturated heterocycles. The number of hydrogen-bond donors (Lipinski definition) is 0. The van der Waals surface area contributed by atoms with Crippen LogP contribution in [0.15, 0.2) is 23.1 Å². The Labute approximate surface area is 101 Å². The average Bonchev–Trinajstić information content (AvgIpc) is 2.14. The summed E-state index contributed by atoms with van der Waals surface area (Å²) >= 11 is 0. The van der Waals surface area contributed by atoms with Crippen LogP contribution in [0.3, 0.4) is 0 Å². The lowest BCUT2D eigenvalue weighted by Crippen LogP contribution is -2.13. The fraction of sp³-hybridized carbons (Fsp3) is 0.455. The van der Waals surface area contributed by atoms with E-state index < -0.39 is 9.05 Å². The van der Waals surface area contributed by atoms with Gasteiger partial charge in [0.05, 0.1) is 12.0 Å². The van der Waals surface area contributed by atoms with Gasteiger partial charge < -0.3 is 4.74 Å². The molecule has 0 fully saturated rings. The van der Waals surface area contributed by atoms with Gasteiger partial charge >= 0.3 is 0 Å². The zero-order chi connectivity index (χ0) is 12.6. The first-order chi connectivity index (χ1) is 7.16. The molecule has 16 heavy (non-hydrogen) atoms. The Bertz CT molecular complexity index is 486. The highest BCUT2D eigenvalue weighted by Crippen LogP contribution is 2.33. The Morgan fingerprint density at radius 3 is 2.19 bits per heavy atom. The number of ether oxygens (including phenoxy) is 1. The summed E-state index contributed by atoms with van der Waals surface area (Å²) in [6.45, 7) is 5.94. The van der Waals surface area contributed by atoms with Crippen molar-refractivity contribution in [3.63, 3.8) is 0 Å². The molecule has 1 aromatic carbocycles. The number of halogens is 1. The van der Waals surface area contributed by atoms with E-state index >= 15 is 0 Å². The molecule has 1 rings (SSSR count). The largest absolute Gasteiger partial charge is 0.496 e. The molecule has 0 heterocycles. The zero-order valence-corrected chi connectivity index (χ0v) is 11.3. The molecule has 1 aromatic rings. The van der Waals surface area contributed by atoms with Gasteiger partial charge in [0.2, 0.25) is 0 Å². The van der Waals surface area contributed by atoms with Crippen molar-refractivity contribution in [2.24, 2.45) is 0 Å². The maximum Gasteiger partial charge on any atom is 0.261 e. The summed E-state index contributed by atoms with van der Waals surface area (Å²) in [5, 5.41) is 0. The normalized spacial score (nSPS) is 12.6. The molecule has 0 saturated carbocycles. The van der Waals surface area contributed by atoms with Crippen LogP contribution in [0.2, 0.25) is 0 Å². The van der Waals surface area contributed by atoms with Crippen LogP contribution in [0.1, 0.15) is 26.3 Å². The van der Waals surface area contributed by atoms with E-state index in [0.29, 0.717) is 5.75 Å². The quantitative estimate of drug-likeness (QED) is 0.770. The summed E-state index contributed by atoms with van der Waals surface area (Å²) in [5.41, 5.74) is 0.611. The smallest absolute Gasteiger partial charge is 0.261 e. The first-order valence-electron chi connectivity index (χ1n) is 4.79. The van der Waals surface area contributed by atoms with E-state index in [1.165, 1.54) is 6.07 Å². The minimum Gasteiger partial charge on any atom is -0.496 e. The van der Waals surface area contributed by atoms with Gasteiger partial charge in [-0.2, -0.15) is 0 Å². The van der Waals surface area contributed by atoms with Crippen molar-refractivity contribution >= 4 is 19.7 Å². The first-order valence-corrected chi connectivity index (χ1v) is 7.10. The van der Waals surface area contributed by atoms with E-state index in [4.69, 9.17) is 15.4 Å². The molecule has 0 radical (unpaired) electrons. The van der Waals surface area contributed by atoms with Gasteiger partial charge in [-0.1, -0.05) is 20.8 Å². The summed E-state index contributed by atoms with van der Waals surface area (Å²) in [4.78, 5) is 0.0971. The minimum absolute atomic E-state index is 0.0971. The van der Waals surface area contributed by atoms with Crippen LogP contribution >= 0.6 is 10.7 Å². The molecule has 0 atom stereocenters. The number of hydrogen-bond acceptors (Lipinski definition) is 3. The number of methoxy groups -OCH3 is 1. The monoisotopic (exact) mass is 262 g/mol. The highest BCUT2D eigenvalue weighted by molar-refractivity contribution is 8.13. The second-order valence-corrected chi connectivity index (χ2v) is 7.12. The molecular weight excluding hydrogens is 248 g/mol. The zero-order valence-electron chi connectivity index (χ0n) is 9.74. The van der Waals surface area contributed by atoms with Gasteiger partial charge in [0.1, 0.15) is 5.75 Å². The standard InChI is InChI=1S/C11H15ClO3S/c1-11(2,3)9-7-8(16(12,13)14)5-6-10(9)15-4/h5-7H,1-4H3. The molecule has 90 valence electrons. The Balaban J connectivity index is 3.45. The van der Waals surface area contributed by atoms with E-state index in [0.717, 1.165) is 5.56 Å². The minimum atomic E-state index is -3.69. The van der Waals surface area contributed by atoms with Crippen LogP contribution in [0.4, 0.5) is 0 Å². The van der Waals surface area contributed by atoms with Gasteiger partial charge in [0, 0.05) is 16.2 Å². The lowest BCUT2D eigenvalue weighted by atomic mass is 9.86. The average molecular weight is 263 g/mol. The molecule has 0 unspecified atom stereocenters. The van der Waals surface area contributed by atoms with Crippen molar-refractivity contribution in [2.75, 3.05) is 7.11 Å². The third-order valence-electron chi connectivity index (χ3n) is 2.26. The van der Waals surface area contributed by atoms with Gasteiger partial charge in [0.25, 0.3) is 9.05 Å². The molecular formula is C11H15ClO3S. The maximum atomic E-state index is 11.2. The van der Waals surface area contributed by atoms with Crippen molar-refractivity contribution < 1.29 is 13.2 Å². The molecule has 5 heteroatoms.